The summed E-state index contributed by atoms with van der Waals surface area (Å²) in [5.41, 5.74) is 5.21. The highest BCUT2D eigenvalue weighted by molar-refractivity contribution is 9.10. The lowest BCUT2D eigenvalue weighted by atomic mass is 10.2. The highest BCUT2D eigenvalue weighted by atomic mass is 79.9. The van der Waals surface area contributed by atoms with E-state index in [2.05, 4.69) is 15.9 Å². The molecule has 0 bridgehead atoms. The Morgan fingerprint density at radius 3 is 2.72 bits per heavy atom. The monoisotopic (exact) mass is 314 g/mol. The molecule has 0 saturated carbocycles. The normalized spacial score (nSPS) is 11.4. The van der Waals surface area contributed by atoms with Crippen LogP contribution in [0.5, 0.6) is 5.75 Å². The van der Waals surface area contributed by atoms with Gasteiger partial charge in [-0.3, -0.25) is 14.9 Å². The second-order valence-electron chi connectivity index (χ2n) is 3.41. The number of carbonyl (C=O) groups excluding carboxylic acids is 3. The molecular formula is C11H11BrN2O4. The second-order valence-corrected chi connectivity index (χ2v) is 4.27. The molecule has 18 heavy (non-hydrogen) atoms. The largest absolute Gasteiger partial charge is 0.481 e. The Kier molecular flexibility index (Phi) is 4.85. The molecule has 96 valence electrons. The SMILES string of the molecule is CC(Oc1ccc(Br)c(C=O)c1)C(=O)NC(N)=O. The summed E-state index contributed by atoms with van der Waals surface area (Å²) in [6, 6.07) is 3.74. The lowest BCUT2D eigenvalue weighted by molar-refractivity contribution is -0.126. The van der Waals surface area contributed by atoms with Gasteiger partial charge < -0.3 is 10.5 Å². The number of hydrogen-bond donors (Lipinski definition) is 2. The molecule has 1 rings (SSSR count). The molecule has 0 saturated heterocycles. The number of primary amides is 1. The van der Waals surface area contributed by atoms with Gasteiger partial charge >= 0.3 is 6.03 Å². The van der Waals surface area contributed by atoms with Crippen molar-refractivity contribution in [3.8, 4) is 5.75 Å². The third kappa shape index (κ3) is 3.85. The van der Waals surface area contributed by atoms with E-state index in [0.29, 0.717) is 22.1 Å². The number of nitrogens with two attached hydrogens (primary N) is 1. The third-order valence-corrected chi connectivity index (χ3v) is 2.75. The highest BCUT2D eigenvalue weighted by Gasteiger charge is 2.16. The van der Waals surface area contributed by atoms with Crippen LogP contribution in [0.25, 0.3) is 0 Å². The maximum absolute atomic E-state index is 11.4. The summed E-state index contributed by atoms with van der Waals surface area (Å²) in [4.78, 5) is 32.6. The van der Waals surface area contributed by atoms with Crippen LogP contribution >= 0.6 is 15.9 Å². The van der Waals surface area contributed by atoms with Crippen LogP contribution < -0.4 is 15.8 Å². The number of imide groups is 1. The van der Waals surface area contributed by atoms with Gasteiger partial charge in [-0.05, 0) is 25.1 Å². The molecule has 1 unspecified atom stereocenters. The Bertz CT molecular complexity index is 490. The summed E-state index contributed by atoms with van der Waals surface area (Å²) in [7, 11) is 0. The van der Waals surface area contributed by atoms with E-state index in [-0.39, 0.29) is 0 Å². The van der Waals surface area contributed by atoms with E-state index in [1.165, 1.54) is 13.0 Å². The quantitative estimate of drug-likeness (QED) is 0.816. The van der Waals surface area contributed by atoms with Crippen LogP contribution in [-0.2, 0) is 4.79 Å². The van der Waals surface area contributed by atoms with Crippen molar-refractivity contribution in [2.75, 3.05) is 0 Å². The van der Waals surface area contributed by atoms with E-state index < -0.39 is 18.0 Å². The van der Waals surface area contributed by atoms with Gasteiger partial charge in [-0.1, -0.05) is 15.9 Å². The summed E-state index contributed by atoms with van der Waals surface area (Å²) in [5, 5.41) is 1.90. The number of ether oxygens (including phenoxy) is 1. The Labute approximate surface area is 112 Å². The average molecular weight is 315 g/mol. The molecule has 0 aromatic heterocycles. The molecule has 1 aromatic rings. The van der Waals surface area contributed by atoms with E-state index in [0.717, 1.165) is 0 Å². The number of benzene rings is 1. The number of rotatable bonds is 4. The molecule has 7 heteroatoms. The number of hydrogen-bond acceptors (Lipinski definition) is 4. The van der Waals surface area contributed by atoms with Crippen molar-refractivity contribution in [2.24, 2.45) is 5.73 Å². The molecule has 0 aliphatic carbocycles. The minimum Gasteiger partial charge on any atom is -0.481 e. The average Bonchev–Trinajstić information content (AvgIpc) is 2.30. The van der Waals surface area contributed by atoms with Crippen LogP contribution in [0.1, 0.15) is 17.3 Å². The van der Waals surface area contributed by atoms with Crippen molar-refractivity contribution in [3.63, 3.8) is 0 Å². The number of amides is 3. The summed E-state index contributed by atoms with van der Waals surface area (Å²) in [6.07, 6.45) is -0.247. The fourth-order valence-corrected chi connectivity index (χ4v) is 1.51. The second kappa shape index (κ2) is 6.15. The highest BCUT2D eigenvalue weighted by Crippen LogP contribution is 2.21. The molecule has 0 heterocycles. The fraction of sp³-hybridized carbons (Fsp3) is 0.182. The van der Waals surface area contributed by atoms with Gasteiger partial charge in [0.1, 0.15) is 5.75 Å². The third-order valence-electron chi connectivity index (χ3n) is 2.02. The smallest absolute Gasteiger partial charge is 0.318 e. The molecular weight excluding hydrogens is 304 g/mol. The first-order valence-electron chi connectivity index (χ1n) is 4.95. The summed E-state index contributed by atoms with van der Waals surface area (Å²) in [5.74, 6) is -0.314. The van der Waals surface area contributed by atoms with Crippen LogP contribution in [0, 0.1) is 0 Å². The summed E-state index contributed by atoms with van der Waals surface area (Å²) < 4.78 is 5.90. The Morgan fingerprint density at radius 1 is 1.50 bits per heavy atom. The molecule has 0 spiro atoms. The molecule has 6 nitrogen and oxygen atoms in total. The Balaban J connectivity index is 2.75. The van der Waals surface area contributed by atoms with Gasteiger partial charge in [-0.2, -0.15) is 0 Å². The van der Waals surface area contributed by atoms with Gasteiger partial charge in [0.15, 0.2) is 12.4 Å². The molecule has 0 radical (unpaired) electrons. The lowest BCUT2D eigenvalue weighted by Crippen LogP contribution is -2.42. The van der Waals surface area contributed by atoms with Gasteiger partial charge in [0.05, 0.1) is 0 Å². The van der Waals surface area contributed by atoms with E-state index >= 15 is 0 Å². The summed E-state index contributed by atoms with van der Waals surface area (Å²) >= 11 is 3.19. The maximum Gasteiger partial charge on any atom is 0.318 e. The topological polar surface area (TPSA) is 98.5 Å². The predicted octanol–water partition coefficient (Wildman–Crippen LogP) is 1.22. The van der Waals surface area contributed by atoms with Crippen LogP contribution in [0.4, 0.5) is 4.79 Å². The molecule has 3 N–H and O–H groups in total. The fourth-order valence-electron chi connectivity index (χ4n) is 1.17. The Morgan fingerprint density at radius 2 is 2.17 bits per heavy atom. The first kappa shape index (κ1) is 14.2. The van der Waals surface area contributed by atoms with E-state index in [9.17, 15) is 14.4 Å². The molecule has 0 aliphatic rings. The van der Waals surface area contributed by atoms with Crippen LogP contribution in [0.3, 0.4) is 0 Å². The van der Waals surface area contributed by atoms with Crippen molar-refractivity contribution < 1.29 is 19.1 Å². The van der Waals surface area contributed by atoms with Crippen molar-refractivity contribution in [1.29, 1.82) is 0 Å². The number of halogens is 1. The Hall–Kier alpha value is -1.89. The van der Waals surface area contributed by atoms with Gasteiger partial charge in [0.25, 0.3) is 5.91 Å². The van der Waals surface area contributed by atoms with Gasteiger partial charge in [0, 0.05) is 10.0 Å². The van der Waals surface area contributed by atoms with Crippen molar-refractivity contribution in [1.82, 2.24) is 5.32 Å². The molecule has 1 aromatic carbocycles. The van der Waals surface area contributed by atoms with E-state index in [1.54, 1.807) is 12.1 Å². The van der Waals surface area contributed by atoms with E-state index in [1.807, 2.05) is 5.32 Å². The molecule has 0 aliphatic heterocycles. The van der Waals surface area contributed by atoms with Crippen molar-refractivity contribution >= 4 is 34.2 Å². The number of urea groups is 1. The number of aldehydes is 1. The molecule has 0 fully saturated rings. The first-order valence-corrected chi connectivity index (χ1v) is 5.75. The van der Waals surface area contributed by atoms with Gasteiger partial charge in [-0.25, -0.2) is 4.79 Å². The zero-order valence-electron chi connectivity index (χ0n) is 9.48. The minimum atomic E-state index is -0.945. The molecule has 1 atom stereocenters. The van der Waals surface area contributed by atoms with Crippen molar-refractivity contribution in [2.45, 2.75) is 13.0 Å². The van der Waals surface area contributed by atoms with Gasteiger partial charge in [0.2, 0.25) is 0 Å². The van der Waals surface area contributed by atoms with E-state index in [4.69, 9.17) is 10.5 Å². The number of carbonyl (C=O) groups is 3. The predicted molar refractivity (Wildman–Crippen MR) is 67.3 cm³/mol. The standard InChI is InChI=1S/C11H11BrN2O4/c1-6(10(16)14-11(13)17)18-8-2-3-9(12)7(4-8)5-15/h2-6H,1H3,(H3,13,14,16,17). The van der Waals surface area contributed by atoms with Crippen LogP contribution in [0.15, 0.2) is 22.7 Å². The minimum absolute atomic E-state index is 0.340. The lowest BCUT2D eigenvalue weighted by Gasteiger charge is -2.13. The first-order chi connectivity index (χ1) is 8.43. The maximum atomic E-state index is 11.4. The van der Waals surface area contributed by atoms with Crippen LogP contribution in [0.2, 0.25) is 0 Å². The number of nitrogens with one attached hydrogen (secondary N) is 1. The molecule has 3 amide bonds. The van der Waals surface area contributed by atoms with Gasteiger partial charge in [-0.15, -0.1) is 0 Å². The van der Waals surface area contributed by atoms with Crippen molar-refractivity contribution in [3.05, 3.63) is 28.2 Å². The zero-order valence-corrected chi connectivity index (χ0v) is 11.1. The van der Waals surface area contributed by atoms with Crippen LogP contribution in [-0.4, -0.2) is 24.3 Å². The zero-order chi connectivity index (χ0) is 13.7. The summed E-state index contributed by atoms with van der Waals surface area (Å²) in [6.45, 7) is 1.46.